The van der Waals surface area contributed by atoms with Crippen LogP contribution in [0.2, 0.25) is 0 Å². The van der Waals surface area contributed by atoms with Gasteiger partial charge in [-0.2, -0.15) is 0 Å². The Morgan fingerprint density at radius 1 is 1.25 bits per heavy atom. The van der Waals surface area contributed by atoms with Crippen molar-refractivity contribution in [2.75, 3.05) is 11.9 Å². The maximum absolute atomic E-state index is 12.3. The number of amides is 2. The van der Waals surface area contributed by atoms with Gasteiger partial charge in [-0.05, 0) is 51.5 Å². The van der Waals surface area contributed by atoms with Gasteiger partial charge < -0.3 is 15.6 Å². The molecule has 0 radical (unpaired) electrons. The molecule has 124 valence electrons. The number of fused-ring (bicyclic) bond motifs is 1. The van der Waals surface area contributed by atoms with Gasteiger partial charge in [0.2, 0.25) is 0 Å². The van der Waals surface area contributed by atoms with Crippen molar-refractivity contribution in [2.24, 2.45) is 0 Å². The summed E-state index contributed by atoms with van der Waals surface area (Å²) in [6.45, 7) is 8.23. The minimum atomic E-state index is -0.123. The van der Waals surface area contributed by atoms with Gasteiger partial charge in [0.05, 0.1) is 11.1 Å². The SMILES string of the molecule is CCNC(=O)c1c(C)[nH]c(/C=C2\C(=O)Nc3ccc(C)cc32)c1C. The van der Waals surface area contributed by atoms with Gasteiger partial charge in [0, 0.05) is 29.2 Å². The van der Waals surface area contributed by atoms with E-state index in [9.17, 15) is 9.59 Å². The maximum atomic E-state index is 12.3. The molecule has 24 heavy (non-hydrogen) atoms. The van der Waals surface area contributed by atoms with Gasteiger partial charge >= 0.3 is 0 Å². The van der Waals surface area contributed by atoms with Gasteiger partial charge in [-0.25, -0.2) is 0 Å². The lowest BCUT2D eigenvalue weighted by atomic mass is 10.0. The number of carbonyl (C=O) groups excluding carboxylic acids is 2. The number of aryl methyl sites for hydroxylation is 2. The quantitative estimate of drug-likeness (QED) is 0.759. The highest BCUT2D eigenvalue weighted by Crippen LogP contribution is 2.34. The summed E-state index contributed by atoms with van der Waals surface area (Å²) in [6.07, 6.45) is 1.83. The van der Waals surface area contributed by atoms with Crippen molar-refractivity contribution in [3.63, 3.8) is 0 Å². The van der Waals surface area contributed by atoms with E-state index in [-0.39, 0.29) is 11.8 Å². The zero-order valence-electron chi connectivity index (χ0n) is 14.3. The van der Waals surface area contributed by atoms with Crippen molar-refractivity contribution in [1.29, 1.82) is 0 Å². The van der Waals surface area contributed by atoms with Crippen molar-refractivity contribution in [3.05, 3.63) is 51.8 Å². The molecular weight excluding hydrogens is 302 g/mol. The first-order valence-electron chi connectivity index (χ1n) is 8.03. The fourth-order valence-corrected chi connectivity index (χ4v) is 3.10. The lowest BCUT2D eigenvalue weighted by Gasteiger charge is -2.03. The molecular formula is C19H21N3O2. The van der Waals surface area contributed by atoms with Gasteiger partial charge in [-0.1, -0.05) is 11.6 Å². The first-order chi connectivity index (χ1) is 11.4. The normalized spacial score (nSPS) is 14.7. The van der Waals surface area contributed by atoms with Crippen LogP contribution < -0.4 is 10.6 Å². The lowest BCUT2D eigenvalue weighted by molar-refractivity contribution is -0.110. The zero-order valence-corrected chi connectivity index (χ0v) is 14.3. The van der Waals surface area contributed by atoms with E-state index in [1.165, 1.54) is 0 Å². The smallest absolute Gasteiger partial charge is 0.256 e. The van der Waals surface area contributed by atoms with E-state index < -0.39 is 0 Å². The molecule has 5 heteroatoms. The number of H-pyrrole nitrogens is 1. The Balaban J connectivity index is 2.08. The third kappa shape index (κ3) is 2.62. The van der Waals surface area contributed by atoms with Crippen LogP contribution in [0.15, 0.2) is 18.2 Å². The van der Waals surface area contributed by atoms with Crippen molar-refractivity contribution in [1.82, 2.24) is 10.3 Å². The van der Waals surface area contributed by atoms with Crippen molar-refractivity contribution in [3.8, 4) is 0 Å². The largest absolute Gasteiger partial charge is 0.358 e. The first kappa shape index (κ1) is 16.1. The molecule has 1 aliphatic rings. The summed E-state index contributed by atoms with van der Waals surface area (Å²) in [4.78, 5) is 27.8. The first-order valence-corrected chi connectivity index (χ1v) is 8.03. The minimum absolute atomic E-state index is 0.0967. The Hall–Kier alpha value is -2.82. The summed E-state index contributed by atoms with van der Waals surface area (Å²) in [5, 5.41) is 5.70. The standard InChI is InChI=1S/C19H21N3O2/c1-5-20-19(24)17-11(3)16(21-12(17)4)9-14-13-8-10(2)6-7-15(13)22-18(14)23/h6-9,21H,5H2,1-4H3,(H,20,24)(H,22,23)/b14-9-. The lowest BCUT2D eigenvalue weighted by Crippen LogP contribution is -2.23. The second-order valence-corrected chi connectivity index (χ2v) is 6.08. The van der Waals surface area contributed by atoms with Crippen LogP contribution in [0.25, 0.3) is 11.6 Å². The molecule has 0 aliphatic carbocycles. The molecule has 0 saturated heterocycles. The molecule has 1 aliphatic heterocycles. The van der Waals surface area contributed by atoms with Gasteiger partial charge in [-0.15, -0.1) is 0 Å². The highest BCUT2D eigenvalue weighted by atomic mass is 16.2. The predicted octanol–water partition coefficient (Wildman–Crippen LogP) is 3.18. The molecule has 2 heterocycles. The molecule has 1 aromatic heterocycles. The Kier molecular flexibility index (Phi) is 4.01. The van der Waals surface area contributed by atoms with Crippen LogP contribution >= 0.6 is 0 Å². The van der Waals surface area contributed by atoms with Gasteiger partial charge in [0.1, 0.15) is 0 Å². The number of benzene rings is 1. The van der Waals surface area contributed by atoms with Crippen LogP contribution in [0.4, 0.5) is 5.69 Å². The van der Waals surface area contributed by atoms with E-state index in [1.54, 1.807) is 0 Å². The molecule has 0 unspecified atom stereocenters. The van der Waals surface area contributed by atoms with Crippen LogP contribution in [-0.2, 0) is 4.79 Å². The second kappa shape index (κ2) is 6.00. The molecule has 2 amide bonds. The van der Waals surface area contributed by atoms with E-state index in [0.29, 0.717) is 17.7 Å². The Bertz CT molecular complexity index is 875. The van der Waals surface area contributed by atoms with Crippen LogP contribution in [-0.4, -0.2) is 23.3 Å². The topological polar surface area (TPSA) is 74.0 Å². The number of anilines is 1. The number of hydrogen-bond donors (Lipinski definition) is 3. The number of aromatic amines is 1. The number of carbonyl (C=O) groups is 2. The fraction of sp³-hybridized carbons (Fsp3) is 0.263. The van der Waals surface area contributed by atoms with E-state index in [1.807, 2.05) is 52.0 Å². The third-order valence-corrected chi connectivity index (χ3v) is 4.29. The number of aromatic nitrogens is 1. The van der Waals surface area contributed by atoms with Crippen LogP contribution in [0.5, 0.6) is 0 Å². The van der Waals surface area contributed by atoms with Crippen LogP contribution in [0, 0.1) is 20.8 Å². The van der Waals surface area contributed by atoms with Crippen molar-refractivity contribution >= 4 is 29.2 Å². The predicted molar refractivity (Wildman–Crippen MR) is 96.0 cm³/mol. The van der Waals surface area contributed by atoms with Crippen molar-refractivity contribution in [2.45, 2.75) is 27.7 Å². The molecule has 0 fully saturated rings. The monoisotopic (exact) mass is 323 g/mol. The Morgan fingerprint density at radius 2 is 2.00 bits per heavy atom. The fourth-order valence-electron chi connectivity index (χ4n) is 3.10. The van der Waals surface area contributed by atoms with Gasteiger partial charge in [0.15, 0.2) is 0 Å². The molecule has 0 atom stereocenters. The van der Waals surface area contributed by atoms with Crippen LogP contribution in [0.1, 0.15) is 45.4 Å². The zero-order chi connectivity index (χ0) is 17.4. The Morgan fingerprint density at radius 3 is 2.71 bits per heavy atom. The maximum Gasteiger partial charge on any atom is 0.256 e. The average Bonchev–Trinajstić information content (AvgIpc) is 2.97. The molecule has 1 aromatic carbocycles. The average molecular weight is 323 g/mol. The highest BCUT2D eigenvalue weighted by Gasteiger charge is 2.25. The number of hydrogen-bond acceptors (Lipinski definition) is 2. The molecule has 0 saturated carbocycles. The number of rotatable bonds is 3. The van der Waals surface area contributed by atoms with E-state index in [0.717, 1.165) is 33.8 Å². The van der Waals surface area contributed by atoms with E-state index >= 15 is 0 Å². The summed E-state index contributed by atoms with van der Waals surface area (Å²) in [5.41, 5.74) is 6.50. The van der Waals surface area contributed by atoms with E-state index in [2.05, 4.69) is 15.6 Å². The minimum Gasteiger partial charge on any atom is -0.358 e. The molecule has 3 rings (SSSR count). The second-order valence-electron chi connectivity index (χ2n) is 6.08. The molecule has 0 spiro atoms. The molecule has 0 bridgehead atoms. The summed E-state index contributed by atoms with van der Waals surface area (Å²) in [6, 6.07) is 5.88. The van der Waals surface area contributed by atoms with Crippen molar-refractivity contribution < 1.29 is 9.59 Å². The molecule has 2 aromatic rings. The highest BCUT2D eigenvalue weighted by molar-refractivity contribution is 6.35. The van der Waals surface area contributed by atoms with Gasteiger partial charge in [-0.3, -0.25) is 9.59 Å². The van der Waals surface area contributed by atoms with Crippen LogP contribution in [0.3, 0.4) is 0 Å². The molecule has 5 nitrogen and oxygen atoms in total. The van der Waals surface area contributed by atoms with Gasteiger partial charge in [0.25, 0.3) is 11.8 Å². The Labute approximate surface area is 141 Å². The van der Waals surface area contributed by atoms with E-state index in [4.69, 9.17) is 0 Å². The number of nitrogens with one attached hydrogen (secondary N) is 3. The summed E-state index contributed by atoms with van der Waals surface area (Å²) in [7, 11) is 0. The third-order valence-electron chi connectivity index (χ3n) is 4.29. The summed E-state index contributed by atoms with van der Waals surface area (Å²) >= 11 is 0. The summed E-state index contributed by atoms with van der Waals surface area (Å²) in [5.74, 6) is -0.220. The molecule has 3 N–H and O–H groups in total. The summed E-state index contributed by atoms with van der Waals surface area (Å²) < 4.78 is 0.